The van der Waals surface area contributed by atoms with E-state index in [4.69, 9.17) is 0 Å². The zero-order valence-electron chi connectivity index (χ0n) is 16.5. The van der Waals surface area contributed by atoms with Crippen molar-refractivity contribution in [1.82, 2.24) is 19.9 Å². The molecule has 4 rings (SSSR count). The lowest BCUT2D eigenvalue weighted by molar-refractivity contribution is -0.120. The highest BCUT2D eigenvalue weighted by Gasteiger charge is 2.13. The highest BCUT2D eigenvalue weighted by atomic mass is 32.1. The van der Waals surface area contributed by atoms with Gasteiger partial charge in [0.2, 0.25) is 5.91 Å². The fourth-order valence-corrected chi connectivity index (χ4v) is 4.25. The van der Waals surface area contributed by atoms with E-state index in [-0.39, 0.29) is 24.8 Å². The molecule has 0 spiro atoms. The molecule has 4 aromatic rings. The largest absolute Gasteiger partial charge is 0.352 e. The molecule has 0 bridgehead atoms. The van der Waals surface area contributed by atoms with E-state index in [1.165, 1.54) is 28.7 Å². The zero-order valence-corrected chi connectivity index (χ0v) is 18.1. The van der Waals surface area contributed by atoms with Crippen LogP contribution in [0.25, 0.3) is 5.69 Å². The van der Waals surface area contributed by atoms with Crippen LogP contribution in [-0.4, -0.2) is 26.3 Å². The normalized spacial score (nSPS) is 10.8. The Morgan fingerprint density at radius 2 is 2.10 bits per heavy atom. The fraction of sp³-hybridized carbons (Fsp3) is 0.143. The second kappa shape index (κ2) is 9.19. The van der Waals surface area contributed by atoms with Gasteiger partial charge in [-0.3, -0.25) is 14.9 Å². The van der Waals surface area contributed by atoms with Crippen LogP contribution in [0.2, 0.25) is 0 Å². The number of rotatable bonds is 7. The predicted molar refractivity (Wildman–Crippen MR) is 118 cm³/mol. The van der Waals surface area contributed by atoms with E-state index >= 15 is 0 Å². The average molecular weight is 456 g/mol. The summed E-state index contributed by atoms with van der Waals surface area (Å²) in [6, 6.07) is 8.35. The van der Waals surface area contributed by atoms with Crippen LogP contribution in [0.4, 0.5) is 9.52 Å². The number of amides is 2. The minimum Gasteiger partial charge on any atom is -0.352 e. The summed E-state index contributed by atoms with van der Waals surface area (Å²) in [4.78, 5) is 33.3. The number of thiazole rings is 1. The van der Waals surface area contributed by atoms with Crippen LogP contribution in [0.1, 0.15) is 26.8 Å². The predicted octanol–water partition coefficient (Wildman–Crippen LogP) is 3.95. The summed E-state index contributed by atoms with van der Waals surface area (Å²) in [5.74, 6) is -0.166. The Hall–Kier alpha value is -3.37. The van der Waals surface area contributed by atoms with Crippen molar-refractivity contribution < 1.29 is 14.0 Å². The van der Waals surface area contributed by atoms with E-state index in [2.05, 4.69) is 20.6 Å². The molecule has 158 valence electrons. The Morgan fingerprint density at radius 1 is 1.23 bits per heavy atom. The van der Waals surface area contributed by atoms with Crippen molar-refractivity contribution in [2.45, 2.75) is 19.9 Å². The maximum absolute atomic E-state index is 14.5. The smallest absolute Gasteiger partial charge is 0.267 e. The molecule has 3 aromatic heterocycles. The van der Waals surface area contributed by atoms with E-state index in [1.54, 1.807) is 53.5 Å². The molecule has 2 amide bonds. The Kier molecular flexibility index (Phi) is 6.19. The molecule has 0 aliphatic rings. The molecule has 0 aliphatic heterocycles. The van der Waals surface area contributed by atoms with Gasteiger partial charge in [0, 0.05) is 24.3 Å². The molecule has 0 radical (unpaired) electrons. The molecule has 31 heavy (non-hydrogen) atoms. The third-order valence-corrected chi connectivity index (χ3v) is 6.12. The molecular formula is C21H18FN5O2S2. The summed E-state index contributed by atoms with van der Waals surface area (Å²) >= 11 is 2.60. The van der Waals surface area contributed by atoms with Crippen LogP contribution in [-0.2, 0) is 17.8 Å². The molecule has 0 fully saturated rings. The lowest BCUT2D eigenvalue weighted by atomic mass is 10.2. The topological polar surface area (TPSA) is 88.9 Å². The third kappa shape index (κ3) is 5.04. The minimum atomic E-state index is -0.390. The molecule has 1 aromatic carbocycles. The second-order valence-electron chi connectivity index (χ2n) is 6.66. The molecule has 7 nitrogen and oxygen atoms in total. The van der Waals surface area contributed by atoms with Crippen molar-refractivity contribution in [2.75, 3.05) is 5.32 Å². The van der Waals surface area contributed by atoms with Crippen LogP contribution < -0.4 is 10.6 Å². The summed E-state index contributed by atoms with van der Waals surface area (Å²) in [6.45, 7) is 2.00. The maximum atomic E-state index is 14.5. The van der Waals surface area contributed by atoms with E-state index < -0.39 is 5.82 Å². The summed E-state index contributed by atoms with van der Waals surface area (Å²) in [5, 5.41) is 9.48. The number of benzene rings is 1. The van der Waals surface area contributed by atoms with Crippen molar-refractivity contribution >= 4 is 39.6 Å². The number of halogens is 1. The molecular weight excluding hydrogens is 437 g/mol. The first kappa shape index (κ1) is 20.9. The molecule has 0 aliphatic carbocycles. The minimum absolute atomic E-state index is 0.0696. The number of hydrogen-bond donors (Lipinski definition) is 2. The van der Waals surface area contributed by atoms with E-state index in [0.29, 0.717) is 32.8 Å². The van der Waals surface area contributed by atoms with Crippen LogP contribution in [0, 0.1) is 12.7 Å². The van der Waals surface area contributed by atoms with Crippen molar-refractivity contribution in [2.24, 2.45) is 0 Å². The van der Waals surface area contributed by atoms with Crippen molar-refractivity contribution in [1.29, 1.82) is 0 Å². The molecule has 3 heterocycles. The average Bonchev–Trinajstić information content (AvgIpc) is 3.49. The molecule has 10 heteroatoms. The summed E-state index contributed by atoms with van der Waals surface area (Å²) < 4.78 is 16.1. The van der Waals surface area contributed by atoms with Crippen LogP contribution >= 0.6 is 22.7 Å². The van der Waals surface area contributed by atoms with E-state index in [0.717, 1.165) is 0 Å². The molecule has 2 N–H and O–H groups in total. The van der Waals surface area contributed by atoms with Gasteiger partial charge in [-0.25, -0.2) is 14.4 Å². The number of anilines is 1. The fourth-order valence-electron chi connectivity index (χ4n) is 2.93. The van der Waals surface area contributed by atoms with Gasteiger partial charge in [-0.1, -0.05) is 12.1 Å². The first-order valence-corrected chi connectivity index (χ1v) is 11.1. The number of carbonyl (C=O) groups excluding carboxylic acids is 2. The number of imidazole rings is 1. The van der Waals surface area contributed by atoms with Gasteiger partial charge in [0.05, 0.1) is 22.7 Å². The van der Waals surface area contributed by atoms with Gasteiger partial charge in [-0.15, -0.1) is 22.7 Å². The molecule has 0 saturated heterocycles. The summed E-state index contributed by atoms with van der Waals surface area (Å²) in [5.41, 5.74) is 1.61. The van der Waals surface area contributed by atoms with Gasteiger partial charge < -0.3 is 9.88 Å². The van der Waals surface area contributed by atoms with Crippen molar-refractivity contribution in [3.05, 3.63) is 81.3 Å². The quantitative estimate of drug-likeness (QED) is 0.442. The lowest BCUT2D eigenvalue weighted by Gasteiger charge is -2.09. The number of thiophene rings is 1. The zero-order chi connectivity index (χ0) is 21.8. The van der Waals surface area contributed by atoms with Gasteiger partial charge in [-0.2, -0.15) is 0 Å². The molecule has 0 unspecified atom stereocenters. The first-order valence-electron chi connectivity index (χ1n) is 9.34. The Morgan fingerprint density at radius 3 is 2.81 bits per heavy atom. The standard InChI is InChI=1S/C21H18FN5O2S2/c1-13-23-6-7-27(13)17-5-4-14(9-16(17)22)11-24-19(28)10-15-12-31-21(25-15)26-20(29)18-3-2-8-30-18/h2-9,12H,10-11H2,1H3,(H,24,28)(H,25,26,29). The van der Waals surface area contributed by atoms with Crippen LogP contribution in [0.3, 0.4) is 0 Å². The third-order valence-electron chi connectivity index (χ3n) is 4.45. The molecule has 0 atom stereocenters. The van der Waals surface area contributed by atoms with Crippen molar-refractivity contribution in [3.8, 4) is 5.69 Å². The Bertz CT molecular complexity index is 1220. The Balaban J connectivity index is 1.31. The van der Waals surface area contributed by atoms with E-state index in [9.17, 15) is 14.0 Å². The highest BCUT2D eigenvalue weighted by Crippen LogP contribution is 2.19. The monoisotopic (exact) mass is 455 g/mol. The van der Waals surface area contributed by atoms with Gasteiger partial charge in [0.15, 0.2) is 5.13 Å². The number of nitrogens with zero attached hydrogens (tertiary/aromatic N) is 3. The van der Waals surface area contributed by atoms with E-state index in [1.807, 2.05) is 5.38 Å². The first-order chi connectivity index (χ1) is 15.0. The SMILES string of the molecule is Cc1nccn1-c1ccc(CNC(=O)Cc2csc(NC(=O)c3cccs3)n2)cc1F. The van der Waals surface area contributed by atoms with Gasteiger partial charge in [0.1, 0.15) is 11.6 Å². The van der Waals surface area contributed by atoms with Gasteiger partial charge in [0.25, 0.3) is 5.91 Å². The van der Waals surface area contributed by atoms with Gasteiger partial charge in [-0.05, 0) is 36.1 Å². The van der Waals surface area contributed by atoms with Crippen LogP contribution in [0.15, 0.2) is 53.5 Å². The van der Waals surface area contributed by atoms with Crippen LogP contribution in [0.5, 0.6) is 0 Å². The van der Waals surface area contributed by atoms with Gasteiger partial charge >= 0.3 is 0 Å². The number of hydrogen-bond acceptors (Lipinski definition) is 6. The summed E-state index contributed by atoms with van der Waals surface area (Å²) in [7, 11) is 0. The highest BCUT2D eigenvalue weighted by molar-refractivity contribution is 7.14. The maximum Gasteiger partial charge on any atom is 0.267 e. The number of aryl methyl sites for hydroxylation is 1. The lowest BCUT2D eigenvalue weighted by Crippen LogP contribution is -2.24. The Labute approximate surface area is 185 Å². The van der Waals surface area contributed by atoms with Crippen molar-refractivity contribution in [3.63, 3.8) is 0 Å². The number of carbonyl (C=O) groups is 2. The second-order valence-corrected chi connectivity index (χ2v) is 8.46. The molecule has 0 saturated carbocycles. The number of aromatic nitrogens is 3. The summed E-state index contributed by atoms with van der Waals surface area (Å²) in [6.07, 6.45) is 3.38. The number of nitrogens with one attached hydrogen (secondary N) is 2.